The number of hydrazone groups is 1. The van der Waals surface area contributed by atoms with Crippen molar-refractivity contribution in [3.05, 3.63) is 67.0 Å². The van der Waals surface area contributed by atoms with Crippen molar-refractivity contribution in [2.75, 3.05) is 5.43 Å². The molecule has 0 amide bonds. The second-order valence-corrected chi connectivity index (χ2v) is 5.35. The van der Waals surface area contributed by atoms with Gasteiger partial charge in [0.25, 0.3) is 11.2 Å². The number of hydrogen-bond acceptors (Lipinski definition) is 8. The van der Waals surface area contributed by atoms with Crippen LogP contribution >= 0.6 is 0 Å². The lowest BCUT2D eigenvalue weighted by Gasteiger charge is -2.06. The van der Waals surface area contributed by atoms with Crippen LogP contribution in [0.1, 0.15) is 5.56 Å². The van der Waals surface area contributed by atoms with Crippen molar-refractivity contribution in [1.29, 1.82) is 0 Å². The molecule has 0 saturated carbocycles. The van der Waals surface area contributed by atoms with E-state index in [1.165, 1.54) is 43.2 Å². The van der Waals surface area contributed by atoms with E-state index in [0.29, 0.717) is 5.56 Å². The molecule has 1 aromatic carbocycles. The molecule has 0 bridgehead atoms. The average molecular weight is 355 g/mol. The van der Waals surface area contributed by atoms with Crippen LogP contribution in [-0.2, 0) is 14.1 Å². The van der Waals surface area contributed by atoms with Gasteiger partial charge in [-0.1, -0.05) is 0 Å². The Hall–Kier alpha value is -3.89. The van der Waals surface area contributed by atoms with Crippen molar-refractivity contribution in [3.8, 4) is 0 Å². The van der Waals surface area contributed by atoms with Crippen LogP contribution in [0.3, 0.4) is 0 Å². The summed E-state index contributed by atoms with van der Waals surface area (Å²) in [6.07, 6.45) is 2.78. The van der Waals surface area contributed by atoms with Crippen molar-refractivity contribution in [1.82, 2.24) is 19.1 Å². The summed E-state index contributed by atoms with van der Waals surface area (Å²) in [5, 5.41) is 14.6. The second-order valence-electron chi connectivity index (χ2n) is 5.35. The van der Waals surface area contributed by atoms with Crippen molar-refractivity contribution in [2.24, 2.45) is 19.2 Å². The van der Waals surface area contributed by atoms with Gasteiger partial charge in [0.05, 0.1) is 17.3 Å². The number of nitrogens with one attached hydrogen (secondary N) is 1. The number of anilines is 1. The Morgan fingerprint density at radius 3 is 2.54 bits per heavy atom. The maximum absolute atomic E-state index is 12.2. The number of nitro benzene ring substituents is 1. The van der Waals surface area contributed by atoms with E-state index in [-0.39, 0.29) is 22.7 Å². The fourth-order valence-corrected chi connectivity index (χ4v) is 2.24. The van der Waals surface area contributed by atoms with Crippen LogP contribution in [0.4, 0.5) is 11.5 Å². The fourth-order valence-electron chi connectivity index (χ4n) is 2.24. The zero-order valence-corrected chi connectivity index (χ0v) is 13.8. The molecule has 2 aromatic heterocycles. The summed E-state index contributed by atoms with van der Waals surface area (Å²) < 4.78 is 2.18. The van der Waals surface area contributed by atoms with E-state index < -0.39 is 16.2 Å². The molecule has 0 aliphatic heterocycles. The Morgan fingerprint density at radius 1 is 1.19 bits per heavy atom. The zero-order valence-electron chi connectivity index (χ0n) is 13.8. The summed E-state index contributed by atoms with van der Waals surface area (Å²) in [6, 6.07) is 5.81. The number of aromatic nitrogens is 4. The number of nitro groups is 1. The first kappa shape index (κ1) is 17.0. The second kappa shape index (κ2) is 6.55. The zero-order chi connectivity index (χ0) is 18.8. The minimum absolute atomic E-state index is 0.0167. The summed E-state index contributed by atoms with van der Waals surface area (Å²) in [6.45, 7) is 0. The van der Waals surface area contributed by atoms with Crippen LogP contribution in [0.25, 0.3) is 11.2 Å². The summed E-state index contributed by atoms with van der Waals surface area (Å²) in [4.78, 5) is 42.4. The summed E-state index contributed by atoms with van der Waals surface area (Å²) in [5.41, 5.74) is 2.40. The van der Waals surface area contributed by atoms with Crippen molar-refractivity contribution < 1.29 is 4.92 Å². The highest BCUT2D eigenvalue weighted by atomic mass is 16.6. The van der Waals surface area contributed by atoms with Crippen molar-refractivity contribution in [2.45, 2.75) is 0 Å². The van der Waals surface area contributed by atoms with Crippen molar-refractivity contribution >= 4 is 28.9 Å². The summed E-state index contributed by atoms with van der Waals surface area (Å²) in [5.74, 6) is 0.214. The third-order valence-electron chi connectivity index (χ3n) is 3.65. The highest BCUT2D eigenvalue weighted by molar-refractivity contribution is 5.80. The van der Waals surface area contributed by atoms with Gasteiger partial charge in [-0.15, -0.1) is 0 Å². The van der Waals surface area contributed by atoms with E-state index in [0.717, 1.165) is 4.57 Å². The van der Waals surface area contributed by atoms with E-state index in [9.17, 15) is 19.7 Å². The number of non-ortho nitro benzene ring substituents is 1. The van der Waals surface area contributed by atoms with E-state index in [2.05, 4.69) is 20.5 Å². The molecule has 26 heavy (non-hydrogen) atoms. The highest BCUT2D eigenvalue weighted by Crippen LogP contribution is 2.11. The van der Waals surface area contributed by atoms with E-state index in [4.69, 9.17) is 0 Å². The number of fused-ring (bicyclic) bond motifs is 1. The van der Waals surface area contributed by atoms with E-state index >= 15 is 0 Å². The van der Waals surface area contributed by atoms with Gasteiger partial charge in [0.1, 0.15) is 0 Å². The Balaban J connectivity index is 1.86. The van der Waals surface area contributed by atoms with Gasteiger partial charge >= 0.3 is 5.69 Å². The maximum atomic E-state index is 12.2. The third kappa shape index (κ3) is 3.05. The lowest BCUT2D eigenvalue weighted by atomic mass is 10.2. The standard InChI is InChI=1S/C15H13N7O4/c1-20-13-12(14(23)21(2)15(20)24)18-11(8-16-13)19-17-7-9-3-5-10(6-4-9)22(25)26/h3-8H,1-2H3,(H,18,19)/b17-7+. The number of hydrogen-bond donors (Lipinski definition) is 1. The Bertz CT molecular complexity index is 1150. The first-order valence-electron chi connectivity index (χ1n) is 7.35. The number of benzene rings is 1. The van der Waals surface area contributed by atoms with Crippen molar-refractivity contribution in [3.63, 3.8) is 0 Å². The van der Waals surface area contributed by atoms with Gasteiger partial charge in [-0.2, -0.15) is 5.10 Å². The van der Waals surface area contributed by atoms with Crippen LogP contribution < -0.4 is 16.7 Å². The minimum Gasteiger partial charge on any atom is -0.279 e. The number of nitrogens with zero attached hydrogens (tertiary/aromatic N) is 6. The van der Waals surface area contributed by atoms with Gasteiger partial charge in [-0.25, -0.2) is 14.8 Å². The molecule has 2 heterocycles. The summed E-state index contributed by atoms with van der Waals surface area (Å²) >= 11 is 0. The molecule has 1 N–H and O–H groups in total. The third-order valence-corrected chi connectivity index (χ3v) is 3.65. The van der Waals surface area contributed by atoms with Crippen LogP contribution in [-0.4, -0.2) is 30.2 Å². The average Bonchev–Trinajstić information content (AvgIpc) is 2.65. The molecular weight excluding hydrogens is 342 g/mol. The molecule has 0 radical (unpaired) electrons. The number of rotatable bonds is 4. The van der Waals surface area contributed by atoms with E-state index in [1.54, 1.807) is 12.1 Å². The molecule has 0 fully saturated rings. The first-order valence-corrected chi connectivity index (χ1v) is 7.35. The Kier molecular flexibility index (Phi) is 4.27. The van der Waals surface area contributed by atoms with Crippen LogP contribution in [0.15, 0.2) is 45.2 Å². The van der Waals surface area contributed by atoms with Gasteiger partial charge < -0.3 is 0 Å². The lowest BCUT2D eigenvalue weighted by Crippen LogP contribution is -2.37. The van der Waals surface area contributed by atoms with Gasteiger partial charge in [-0.05, 0) is 17.7 Å². The normalized spacial score (nSPS) is 11.2. The minimum atomic E-state index is -0.557. The summed E-state index contributed by atoms with van der Waals surface area (Å²) in [7, 11) is 2.86. The fraction of sp³-hybridized carbons (Fsp3) is 0.133. The molecule has 132 valence electrons. The van der Waals surface area contributed by atoms with E-state index in [1.807, 2.05) is 0 Å². The highest BCUT2D eigenvalue weighted by Gasteiger charge is 2.11. The predicted molar refractivity (Wildman–Crippen MR) is 94.3 cm³/mol. The molecule has 0 atom stereocenters. The number of aryl methyl sites for hydroxylation is 1. The molecule has 11 heteroatoms. The largest absolute Gasteiger partial charge is 0.332 e. The molecule has 3 rings (SSSR count). The van der Waals surface area contributed by atoms with Crippen LogP contribution in [0, 0.1) is 10.1 Å². The van der Waals surface area contributed by atoms with Crippen LogP contribution in [0.2, 0.25) is 0 Å². The molecule has 11 nitrogen and oxygen atoms in total. The molecule has 0 aliphatic rings. The predicted octanol–water partition coefficient (Wildman–Crippen LogP) is 0.381. The maximum Gasteiger partial charge on any atom is 0.332 e. The molecule has 0 saturated heterocycles. The lowest BCUT2D eigenvalue weighted by molar-refractivity contribution is -0.384. The van der Waals surface area contributed by atoms with Gasteiger partial charge in [0.15, 0.2) is 17.0 Å². The van der Waals surface area contributed by atoms with Gasteiger partial charge in [0.2, 0.25) is 0 Å². The quantitative estimate of drug-likeness (QED) is 0.406. The van der Waals surface area contributed by atoms with Crippen LogP contribution in [0.5, 0.6) is 0 Å². The monoisotopic (exact) mass is 355 g/mol. The Labute approximate surface area is 145 Å². The topological polar surface area (TPSA) is 137 Å². The smallest absolute Gasteiger partial charge is 0.279 e. The van der Waals surface area contributed by atoms with Gasteiger partial charge in [0, 0.05) is 26.2 Å². The first-order chi connectivity index (χ1) is 12.4. The van der Waals surface area contributed by atoms with Gasteiger partial charge in [-0.3, -0.25) is 29.5 Å². The molecule has 0 spiro atoms. The SMILES string of the molecule is Cn1c(=O)c2nc(N/N=C/c3ccc([N+](=O)[O-])cc3)cnc2n(C)c1=O. The Morgan fingerprint density at radius 2 is 1.88 bits per heavy atom. The molecular formula is C15H13N7O4. The molecule has 0 aliphatic carbocycles. The molecule has 0 unspecified atom stereocenters. The molecule has 3 aromatic rings.